The molecule has 0 aliphatic carbocycles. The van der Waals surface area contributed by atoms with E-state index in [0.29, 0.717) is 6.54 Å². The lowest BCUT2D eigenvalue weighted by molar-refractivity contribution is -0.688. The molecular formula is C18H26N2O8. The average Bonchev–Trinajstić information content (AvgIpc) is 2.57. The third-order valence-corrected chi connectivity index (χ3v) is 3.46. The highest BCUT2D eigenvalue weighted by atomic mass is 16.4. The number of hydrogen-bond donors (Lipinski definition) is 0. The van der Waals surface area contributed by atoms with Gasteiger partial charge in [-0.05, 0) is 28.8 Å². The molecular weight excluding hydrogens is 372 g/mol. The largest absolute Gasteiger partial charge is 0.545 e. The predicted octanol–water partition coefficient (Wildman–Crippen LogP) is -3.50. The molecule has 0 unspecified atom stereocenters. The number of aromatic nitrogens is 2. The number of carboxylic acids is 1. The number of carbonyl (C=O) groups excluding carboxylic acids is 1. The van der Waals surface area contributed by atoms with E-state index < -0.39 is 5.97 Å². The molecule has 3 aromatic rings. The fraction of sp³-hybridized carbons (Fsp3) is 0.0556. The van der Waals surface area contributed by atoms with Crippen LogP contribution in [-0.4, -0.2) is 43.8 Å². The molecule has 0 saturated heterocycles. The van der Waals surface area contributed by atoms with Gasteiger partial charge in [0.1, 0.15) is 0 Å². The van der Waals surface area contributed by atoms with Crippen LogP contribution in [0.2, 0.25) is 0 Å². The first-order valence-electron chi connectivity index (χ1n) is 6.92. The van der Waals surface area contributed by atoms with Gasteiger partial charge in [-0.2, -0.15) is 0 Å². The molecule has 2 aromatic heterocycles. The van der Waals surface area contributed by atoms with E-state index in [9.17, 15) is 9.90 Å². The second kappa shape index (κ2) is 14.9. The number of carboxylic acid groups (broad SMARTS) is 1. The summed E-state index contributed by atoms with van der Waals surface area (Å²) in [7, 11) is 0. The van der Waals surface area contributed by atoms with E-state index in [2.05, 4.69) is 4.98 Å². The van der Waals surface area contributed by atoms with Gasteiger partial charge in [-0.3, -0.25) is 4.98 Å². The smallest absolute Gasteiger partial charge is 0.173 e. The fourth-order valence-electron chi connectivity index (χ4n) is 2.26. The molecule has 0 fully saturated rings. The molecule has 0 saturated carbocycles. The van der Waals surface area contributed by atoms with Crippen molar-refractivity contribution in [2.75, 3.05) is 0 Å². The van der Waals surface area contributed by atoms with Crippen LogP contribution in [0.3, 0.4) is 0 Å². The zero-order valence-corrected chi connectivity index (χ0v) is 14.8. The second-order valence-corrected chi connectivity index (χ2v) is 4.98. The monoisotopic (exact) mass is 398 g/mol. The van der Waals surface area contributed by atoms with E-state index in [1.807, 2.05) is 41.2 Å². The number of carbonyl (C=O) groups is 1. The van der Waals surface area contributed by atoms with Crippen molar-refractivity contribution < 1.29 is 47.3 Å². The average molecular weight is 398 g/mol. The third-order valence-electron chi connectivity index (χ3n) is 3.46. The molecule has 0 radical (unpaired) electrons. The SMILES string of the molecule is O.O.O.O.O.O.O=C([O-])c1ccc(C[n+]2ccc(-c3ccncc3)cc2)cc1. The van der Waals surface area contributed by atoms with Crippen LogP contribution < -0.4 is 9.67 Å². The maximum absolute atomic E-state index is 10.7. The van der Waals surface area contributed by atoms with Crippen LogP contribution in [0.15, 0.2) is 73.3 Å². The first kappa shape index (κ1) is 32.4. The Labute approximate surface area is 161 Å². The number of pyridine rings is 2. The minimum Gasteiger partial charge on any atom is -0.545 e. The van der Waals surface area contributed by atoms with Gasteiger partial charge >= 0.3 is 0 Å². The molecule has 2 heterocycles. The van der Waals surface area contributed by atoms with Gasteiger partial charge in [-0.15, -0.1) is 0 Å². The summed E-state index contributed by atoms with van der Waals surface area (Å²) in [6, 6.07) is 14.8. The van der Waals surface area contributed by atoms with Crippen molar-refractivity contribution in [1.82, 2.24) is 4.98 Å². The Balaban J connectivity index is -0.000000480. The van der Waals surface area contributed by atoms with Crippen molar-refractivity contribution in [3.8, 4) is 11.1 Å². The Morgan fingerprint density at radius 3 is 1.68 bits per heavy atom. The molecule has 0 spiro atoms. The normalized spacial score (nSPS) is 8.14. The highest BCUT2D eigenvalue weighted by Crippen LogP contribution is 2.15. The van der Waals surface area contributed by atoms with E-state index in [0.717, 1.165) is 16.7 Å². The topological polar surface area (TPSA) is 246 Å². The van der Waals surface area contributed by atoms with Gasteiger partial charge in [0.25, 0.3) is 0 Å². The molecule has 0 amide bonds. The highest BCUT2D eigenvalue weighted by Gasteiger charge is 2.04. The molecule has 0 aliphatic heterocycles. The van der Waals surface area contributed by atoms with Crippen LogP contribution in [0.25, 0.3) is 11.1 Å². The number of hydrogen-bond acceptors (Lipinski definition) is 3. The lowest BCUT2D eigenvalue weighted by Gasteiger charge is -2.04. The first-order valence-corrected chi connectivity index (χ1v) is 6.92. The summed E-state index contributed by atoms with van der Waals surface area (Å²) in [6.45, 7) is 0.684. The van der Waals surface area contributed by atoms with Crippen molar-refractivity contribution in [2.24, 2.45) is 0 Å². The van der Waals surface area contributed by atoms with Crippen molar-refractivity contribution in [2.45, 2.75) is 6.54 Å². The number of nitrogens with zero attached hydrogens (tertiary/aromatic N) is 2. The molecule has 12 N–H and O–H groups in total. The van der Waals surface area contributed by atoms with Crippen molar-refractivity contribution in [1.29, 1.82) is 0 Å². The Morgan fingerprint density at radius 2 is 1.21 bits per heavy atom. The van der Waals surface area contributed by atoms with Crippen LogP contribution in [0.4, 0.5) is 0 Å². The Kier molecular flexibility index (Phi) is 17.2. The number of rotatable bonds is 4. The van der Waals surface area contributed by atoms with E-state index >= 15 is 0 Å². The van der Waals surface area contributed by atoms with Crippen LogP contribution in [0.5, 0.6) is 0 Å². The quantitative estimate of drug-likeness (QED) is 0.406. The van der Waals surface area contributed by atoms with Gasteiger partial charge in [0.2, 0.25) is 0 Å². The molecule has 28 heavy (non-hydrogen) atoms. The van der Waals surface area contributed by atoms with Gasteiger partial charge in [0, 0.05) is 30.1 Å². The zero-order chi connectivity index (χ0) is 15.4. The minimum absolute atomic E-state index is 0. The summed E-state index contributed by atoms with van der Waals surface area (Å²) in [5.74, 6) is -1.15. The maximum atomic E-state index is 10.7. The van der Waals surface area contributed by atoms with Crippen molar-refractivity contribution >= 4 is 5.97 Å². The molecule has 0 bridgehead atoms. The summed E-state index contributed by atoms with van der Waals surface area (Å²) in [5, 5.41) is 10.7. The lowest BCUT2D eigenvalue weighted by Crippen LogP contribution is -2.33. The summed E-state index contributed by atoms with van der Waals surface area (Å²) in [4.78, 5) is 14.7. The molecule has 10 nitrogen and oxygen atoms in total. The van der Waals surface area contributed by atoms with E-state index in [4.69, 9.17) is 0 Å². The van der Waals surface area contributed by atoms with Crippen molar-refractivity contribution in [3.05, 3.63) is 84.4 Å². The van der Waals surface area contributed by atoms with Gasteiger partial charge < -0.3 is 42.8 Å². The fourth-order valence-corrected chi connectivity index (χ4v) is 2.26. The molecule has 3 rings (SSSR count). The van der Waals surface area contributed by atoms with Crippen LogP contribution in [-0.2, 0) is 6.54 Å². The van der Waals surface area contributed by atoms with Gasteiger partial charge in [-0.25, -0.2) is 4.57 Å². The molecule has 0 aliphatic rings. The van der Waals surface area contributed by atoms with Gasteiger partial charge in [0.05, 0.1) is 5.97 Å². The maximum Gasteiger partial charge on any atom is 0.173 e. The second-order valence-electron chi connectivity index (χ2n) is 4.98. The lowest BCUT2D eigenvalue weighted by atomic mass is 10.1. The number of aromatic carboxylic acids is 1. The van der Waals surface area contributed by atoms with Crippen molar-refractivity contribution in [3.63, 3.8) is 0 Å². The molecule has 10 heteroatoms. The summed E-state index contributed by atoms with van der Waals surface area (Å²) in [6.07, 6.45) is 7.55. The van der Waals surface area contributed by atoms with Crippen LogP contribution in [0.1, 0.15) is 15.9 Å². The molecule has 156 valence electrons. The van der Waals surface area contributed by atoms with Crippen LogP contribution >= 0.6 is 0 Å². The zero-order valence-electron chi connectivity index (χ0n) is 14.8. The van der Waals surface area contributed by atoms with Crippen LogP contribution in [0, 0.1) is 0 Å². The summed E-state index contributed by atoms with van der Waals surface area (Å²) in [5.41, 5.74) is 3.49. The first-order chi connectivity index (χ1) is 10.7. The van der Waals surface area contributed by atoms with Gasteiger partial charge in [-0.1, -0.05) is 24.3 Å². The number of benzene rings is 1. The van der Waals surface area contributed by atoms with E-state index in [-0.39, 0.29) is 38.4 Å². The molecule has 0 atom stereocenters. The minimum atomic E-state index is -1.15. The predicted molar refractivity (Wildman–Crippen MR) is 101 cm³/mol. The molecule has 1 aromatic carbocycles. The Morgan fingerprint density at radius 1 is 0.750 bits per heavy atom. The third kappa shape index (κ3) is 7.97. The van der Waals surface area contributed by atoms with E-state index in [1.54, 1.807) is 36.7 Å². The summed E-state index contributed by atoms with van der Waals surface area (Å²) < 4.78 is 2.04. The Bertz CT molecular complexity index is 781. The van der Waals surface area contributed by atoms with Gasteiger partial charge in [0.15, 0.2) is 18.9 Å². The highest BCUT2D eigenvalue weighted by molar-refractivity contribution is 5.85. The Hall–Kier alpha value is -3.25. The van der Waals surface area contributed by atoms with E-state index in [1.165, 1.54) is 0 Å². The summed E-state index contributed by atoms with van der Waals surface area (Å²) >= 11 is 0. The standard InChI is InChI=1S/C18H14N2O2.6H2O/c21-18(22)17-3-1-14(2-4-17)13-20-11-7-16(8-12-20)15-5-9-19-10-6-15;;;;;;/h1-12H,13H2;6*1H2.